The van der Waals surface area contributed by atoms with Crippen molar-refractivity contribution in [1.29, 1.82) is 0 Å². The lowest BCUT2D eigenvalue weighted by Crippen LogP contribution is -2.11. The van der Waals surface area contributed by atoms with E-state index in [4.69, 9.17) is 5.73 Å². The van der Waals surface area contributed by atoms with Crippen molar-refractivity contribution in [2.24, 2.45) is 5.73 Å². The van der Waals surface area contributed by atoms with Gasteiger partial charge in [-0.05, 0) is 18.6 Å². The van der Waals surface area contributed by atoms with E-state index in [1.165, 1.54) is 6.07 Å². The summed E-state index contributed by atoms with van der Waals surface area (Å²) in [5.74, 6) is -0.977. The number of rotatable bonds is 3. The molecule has 0 aliphatic carbocycles. The molecule has 1 aromatic carbocycles. The highest BCUT2D eigenvalue weighted by Gasteiger charge is 2.16. The van der Waals surface area contributed by atoms with Gasteiger partial charge in [0.15, 0.2) is 11.6 Å². The summed E-state index contributed by atoms with van der Waals surface area (Å²) in [5.41, 5.74) is 6.27. The Morgan fingerprint density at radius 2 is 2.13 bits per heavy atom. The number of hydrogen-bond donors (Lipinski definition) is 2. The van der Waals surface area contributed by atoms with Gasteiger partial charge in [0.1, 0.15) is 0 Å². The topological polar surface area (TPSA) is 46.2 Å². The SMILES string of the molecule is CCC[C@H](N)c1c(Br)ccc(F)c1O.Cl. The molecule has 3 N–H and O–H groups in total. The Morgan fingerprint density at radius 3 is 2.67 bits per heavy atom. The lowest BCUT2D eigenvalue weighted by atomic mass is 10.0. The molecule has 0 heterocycles. The van der Waals surface area contributed by atoms with E-state index in [0.29, 0.717) is 10.0 Å². The molecule has 1 atom stereocenters. The average Bonchev–Trinajstić information content (AvgIpc) is 2.13. The molecule has 0 spiro atoms. The van der Waals surface area contributed by atoms with Gasteiger partial charge in [0.05, 0.1) is 0 Å². The highest BCUT2D eigenvalue weighted by atomic mass is 79.9. The fraction of sp³-hybridized carbons (Fsp3) is 0.400. The molecule has 0 saturated carbocycles. The zero-order chi connectivity index (χ0) is 10.7. The van der Waals surface area contributed by atoms with Crippen LogP contribution in [-0.4, -0.2) is 5.11 Å². The third-order valence-corrected chi connectivity index (χ3v) is 2.78. The van der Waals surface area contributed by atoms with Gasteiger partial charge in [-0.1, -0.05) is 29.3 Å². The van der Waals surface area contributed by atoms with E-state index < -0.39 is 5.82 Å². The molecule has 0 aromatic heterocycles. The molecule has 86 valence electrons. The second-order valence-corrected chi connectivity index (χ2v) is 4.04. The minimum Gasteiger partial charge on any atom is -0.505 e. The van der Waals surface area contributed by atoms with Crippen molar-refractivity contribution >= 4 is 28.3 Å². The molecule has 15 heavy (non-hydrogen) atoms. The smallest absolute Gasteiger partial charge is 0.165 e. The molecule has 0 fully saturated rings. The van der Waals surface area contributed by atoms with Gasteiger partial charge in [0, 0.05) is 16.1 Å². The van der Waals surface area contributed by atoms with Gasteiger partial charge >= 0.3 is 0 Å². The monoisotopic (exact) mass is 297 g/mol. The Kier molecular flexibility index (Phi) is 6.17. The van der Waals surface area contributed by atoms with Gasteiger partial charge < -0.3 is 10.8 Å². The van der Waals surface area contributed by atoms with Gasteiger partial charge in [-0.2, -0.15) is 0 Å². The zero-order valence-electron chi connectivity index (χ0n) is 8.34. The van der Waals surface area contributed by atoms with E-state index in [1.54, 1.807) is 6.07 Å². The first kappa shape index (κ1) is 14.7. The number of phenolic OH excluding ortho intramolecular Hbond substituents is 1. The number of hydrogen-bond acceptors (Lipinski definition) is 2. The molecule has 0 radical (unpaired) electrons. The molecule has 1 aromatic rings. The van der Waals surface area contributed by atoms with Crippen molar-refractivity contribution < 1.29 is 9.50 Å². The van der Waals surface area contributed by atoms with Crippen LogP contribution in [0.1, 0.15) is 31.4 Å². The Morgan fingerprint density at radius 1 is 1.53 bits per heavy atom. The first-order valence-corrected chi connectivity index (χ1v) is 5.29. The first-order valence-electron chi connectivity index (χ1n) is 4.50. The van der Waals surface area contributed by atoms with E-state index in [-0.39, 0.29) is 24.2 Å². The minimum absolute atomic E-state index is 0. The molecule has 2 nitrogen and oxygen atoms in total. The highest BCUT2D eigenvalue weighted by Crippen LogP contribution is 2.34. The van der Waals surface area contributed by atoms with Crippen molar-refractivity contribution in [3.8, 4) is 5.75 Å². The average molecular weight is 299 g/mol. The van der Waals surface area contributed by atoms with Crippen molar-refractivity contribution in [2.75, 3.05) is 0 Å². The van der Waals surface area contributed by atoms with Crippen LogP contribution in [0.15, 0.2) is 16.6 Å². The van der Waals surface area contributed by atoms with Crippen LogP contribution in [0, 0.1) is 5.82 Å². The number of halogens is 3. The molecule has 0 aliphatic rings. The molecule has 0 saturated heterocycles. The Labute approximate surface area is 103 Å². The molecular weight excluding hydrogens is 284 g/mol. The fourth-order valence-electron chi connectivity index (χ4n) is 1.36. The van der Waals surface area contributed by atoms with Crippen LogP contribution in [0.5, 0.6) is 5.75 Å². The molecule has 1 rings (SSSR count). The van der Waals surface area contributed by atoms with E-state index in [2.05, 4.69) is 15.9 Å². The number of aromatic hydroxyl groups is 1. The summed E-state index contributed by atoms with van der Waals surface area (Å²) in [4.78, 5) is 0. The number of phenols is 1. The van der Waals surface area contributed by atoms with Gasteiger partial charge in [0.2, 0.25) is 0 Å². The second kappa shape index (κ2) is 6.30. The predicted octanol–water partition coefficient (Wildman–Crippen LogP) is 3.52. The number of nitrogens with two attached hydrogens (primary N) is 1. The van der Waals surface area contributed by atoms with Crippen LogP contribution in [0.2, 0.25) is 0 Å². The lowest BCUT2D eigenvalue weighted by Gasteiger charge is -2.14. The third kappa shape index (κ3) is 3.33. The predicted molar refractivity (Wildman–Crippen MR) is 64.8 cm³/mol. The Bertz CT molecular complexity index is 335. The molecule has 0 bridgehead atoms. The maximum absolute atomic E-state index is 13.0. The normalized spacial score (nSPS) is 12.0. The van der Waals surface area contributed by atoms with E-state index in [9.17, 15) is 9.50 Å². The third-order valence-electron chi connectivity index (χ3n) is 2.09. The van der Waals surface area contributed by atoms with E-state index in [1.807, 2.05) is 6.92 Å². The van der Waals surface area contributed by atoms with Crippen molar-refractivity contribution in [3.05, 3.63) is 28.0 Å². The maximum Gasteiger partial charge on any atom is 0.165 e. The molecule has 0 amide bonds. The van der Waals surface area contributed by atoms with Crippen molar-refractivity contribution in [1.82, 2.24) is 0 Å². The molecule has 0 unspecified atom stereocenters. The first-order chi connectivity index (χ1) is 6.57. The standard InChI is InChI=1S/C10H13BrFNO.ClH/c1-2-3-8(13)9-6(11)4-5-7(12)10(9)14;/h4-5,8,14H,2-3,13H2,1H3;1H/t8-;/m0./s1. The summed E-state index contributed by atoms with van der Waals surface area (Å²) in [6.07, 6.45) is 1.61. The number of benzene rings is 1. The largest absolute Gasteiger partial charge is 0.505 e. The van der Waals surface area contributed by atoms with Crippen molar-refractivity contribution in [3.63, 3.8) is 0 Å². The van der Waals surface area contributed by atoms with Crippen LogP contribution >= 0.6 is 28.3 Å². The van der Waals surface area contributed by atoms with Gasteiger partial charge in [-0.3, -0.25) is 0 Å². The van der Waals surface area contributed by atoms with Crippen molar-refractivity contribution in [2.45, 2.75) is 25.8 Å². The highest BCUT2D eigenvalue weighted by molar-refractivity contribution is 9.10. The van der Waals surface area contributed by atoms with Crippen LogP contribution in [-0.2, 0) is 0 Å². The summed E-state index contributed by atoms with van der Waals surface area (Å²) >= 11 is 3.25. The fourth-order valence-corrected chi connectivity index (χ4v) is 1.98. The summed E-state index contributed by atoms with van der Waals surface area (Å²) in [6, 6.07) is 2.44. The lowest BCUT2D eigenvalue weighted by molar-refractivity contribution is 0.417. The van der Waals surface area contributed by atoms with Gasteiger partial charge in [-0.25, -0.2) is 4.39 Å². The van der Waals surface area contributed by atoms with E-state index in [0.717, 1.165) is 12.8 Å². The Balaban J connectivity index is 0.00000196. The van der Waals surface area contributed by atoms with Gasteiger partial charge in [0.25, 0.3) is 0 Å². The summed E-state index contributed by atoms with van der Waals surface area (Å²) in [6.45, 7) is 1.99. The maximum atomic E-state index is 13.0. The van der Waals surface area contributed by atoms with Crippen LogP contribution in [0.3, 0.4) is 0 Å². The summed E-state index contributed by atoms with van der Waals surface area (Å²) in [5, 5.41) is 9.49. The second-order valence-electron chi connectivity index (χ2n) is 3.19. The van der Waals surface area contributed by atoms with Crippen LogP contribution in [0.4, 0.5) is 4.39 Å². The van der Waals surface area contributed by atoms with Gasteiger partial charge in [-0.15, -0.1) is 12.4 Å². The van der Waals surface area contributed by atoms with E-state index >= 15 is 0 Å². The zero-order valence-corrected chi connectivity index (χ0v) is 10.7. The quantitative estimate of drug-likeness (QED) is 0.897. The summed E-state index contributed by atoms with van der Waals surface area (Å²) < 4.78 is 13.7. The molecule has 5 heteroatoms. The van der Waals surface area contributed by atoms with Crippen LogP contribution in [0.25, 0.3) is 0 Å². The molecule has 0 aliphatic heterocycles. The van der Waals surface area contributed by atoms with Crippen LogP contribution < -0.4 is 5.73 Å². The Hall–Kier alpha value is -0.320. The summed E-state index contributed by atoms with van der Waals surface area (Å²) in [7, 11) is 0. The minimum atomic E-state index is -0.630. The molecular formula is C10H14BrClFNO.